The molecule has 3 rings (SSSR count). The number of hydrogen-bond donors (Lipinski definition) is 2. The molecule has 0 bridgehead atoms. The Morgan fingerprint density at radius 1 is 1.38 bits per heavy atom. The normalized spacial score (nSPS) is 17.8. The number of piperazine rings is 1. The van der Waals surface area contributed by atoms with Crippen molar-refractivity contribution in [1.82, 2.24) is 25.3 Å². The van der Waals surface area contributed by atoms with Gasteiger partial charge in [-0.2, -0.15) is 4.98 Å². The molecule has 2 N–H and O–H groups in total. The number of aromatic nitrogens is 3. The van der Waals surface area contributed by atoms with Crippen molar-refractivity contribution in [3.63, 3.8) is 0 Å². The van der Waals surface area contributed by atoms with Crippen molar-refractivity contribution in [1.29, 1.82) is 0 Å². The third-order valence-corrected chi connectivity index (χ3v) is 3.80. The van der Waals surface area contributed by atoms with Gasteiger partial charge in [0.25, 0.3) is 5.89 Å². The summed E-state index contributed by atoms with van der Waals surface area (Å²) in [5.74, 6) is 0.889. The van der Waals surface area contributed by atoms with Crippen molar-refractivity contribution in [2.45, 2.75) is 19.9 Å². The van der Waals surface area contributed by atoms with Crippen molar-refractivity contribution in [2.75, 3.05) is 26.2 Å². The van der Waals surface area contributed by atoms with Gasteiger partial charge in [-0.1, -0.05) is 5.16 Å². The van der Waals surface area contributed by atoms with Gasteiger partial charge in [-0.3, -0.25) is 9.69 Å². The summed E-state index contributed by atoms with van der Waals surface area (Å²) >= 11 is 0. The molecule has 0 radical (unpaired) electrons. The molecule has 1 aliphatic heterocycles. The van der Waals surface area contributed by atoms with Gasteiger partial charge in [0.1, 0.15) is 5.56 Å². The van der Waals surface area contributed by atoms with Crippen molar-refractivity contribution in [3.8, 4) is 11.5 Å². The van der Waals surface area contributed by atoms with Crippen LogP contribution in [0.1, 0.15) is 24.5 Å². The quantitative estimate of drug-likeness (QED) is 0.865. The van der Waals surface area contributed by atoms with Crippen LogP contribution in [0.15, 0.2) is 21.6 Å². The molecule has 112 valence electrons. The van der Waals surface area contributed by atoms with Crippen molar-refractivity contribution >= 4 is 0 Å². The molecule has 0 aromatic carbocycles. The molecule has 0 spiro atoms. The van der Waals surface area contributed by atoms with Crippen LogP contribution in [0.5, 0.6) is 0 Å². The van der Waals surface area contributed by atoms with E-state index in [1.165, 1.54) is 6.07 Å². The maximum atomic E-state index is 12.0. The lowest BCUT2D eigenvalue weighted by Gasteiger charge is -2.30. The number of aromatic amines is 1. The molecule has 0 aliphatic carbocycles. The molecule has 7 heteroatoms. The van der Waals surface area contributed by atoms with E-state index in [2.05, 4.69) is 32.3 Å². The summed E-state index contributed by atoms with van der Waals surface area (Å²) in [6.45, 7) is 7.72. The summed E-state index contributed by atoms with van der Waals surface area (Å²) in [7, 11) is 0. The van der Waals surface area contributed by atoms with Gasteiger partial charge in [0.15, 0.2) is 11.3 Å². The molecule has 1 fully saturated rings. The first-order valence-electron chi connectivity index (χ1n) is 7.13. The fraction of sp³-hybridized carbons (Fsp3) is 0.500. The average molecular weight is 289 g/mol. The van der Waals surface area contributed by atoms with Gasteiger partial charge in [0, 0.05) is 44.1 Å². The molecule has 2 aromatic rings. The predicted octanol–water partition coefficient (Wildman–Crippen LogP) is 0.700. The Morgan fingerprint density at radius 3 is 2.86 bits per heavy atom. The third-order valence-electron chi connectivity index (χ3n) is 3.80. The van der Waals surface area contributed by atoms with E-state index in [1.54, 1.807) is 6.20 Å². The molecule has 1 aliphatic rings. The highest BCUT2D eigenvalue weighted by Gasteiger charge is 2.23. The minimum absolute atomic E-state index is 0.0779. The van der Waals surface area contributed by atoms with Crippen LogP contribution in [0.2, 0.25) is 0 Å². The van der Waals surface area contributed by atoms with Gasteiger partial charge in [-0.15, -0.1) is 0 Å². The molecule has 0 saturated carbocycles. The van der Waals surface area contributed by atoms with Crippen LogP contribution in [0.4, 0.5) is 0 Å². The molecule has 7 nitrogen and oxygen atoms in total. The molecule has 2 aromatic heterocycles. The summed E-state index contributed by atoms with van der Waals surface area (Å²) in [5, 5.41) is 7.34. The number of rotatable bonds is 3. The maximum Gasteiger partial charge on any atom is 0.263 e. The van der Waals surface area contributed by atoms with Crippen LogP contribution in [-0.2, 0) is 0 Å². The Morgan fingerprint density at radius 2 is 2.14 bits per heavy atom. The van der Waals surface area contributed by atoms with Gasteiger partial charge in [0.2, 0.25) is 0 Å². The van der Waals surface area contributed by atoms with Gasteiger partial charge < -0.3 is 14.8 Å². The van der Waals surface area contributed by atoms with Crippen LogP contribution in [0.3, 0.4) is 0 Å². The Labute approximate surface area is 122 Å². The second-order valence-electron chi connectivity index (χ2n) is 5.31. The fourth-order valence-corrected chi connectivity index (χ4v) is 2.49. The molecule has 21 heavy (non-hydrogen) atoms. The van der Waals surface area contributed by atoms with E-state index in [0.29, 0.717) is 11.4 Å². The largest absolute Gasteiger partial charge is 0.364 e. The van der Waals surface area contributed by atoms with E-state index < -0.39 is 0 Å². The zero-order valence-electron chi connectivity index (χ0n) is 12.2. The van der Waals surface area contributed by atoms with Crippen LogP contribution in [0, 0.1) is 6.92 Å². The summed E-state index contributed by atoms with van der Waals surface area (Å²) in [4.78, 5) is 21.6. The van der Waals surface area contributed by atoms with Crippen molar-refractivity contribution in [3.05, 3.63) is 34.0 Å². The van der Waals surface area contributed by atoms with Crippen LogP contribution < -0.4 is 10.7 Å². The van der Waals surface area contributed by atoms with E-state index >= 15 is 0 Å². The van der Waals surface area contributed by atoms with E-state index in [9.17, 15) is 4.79 Å². The lowest BCUT2D eigenvalue weighted by Crippen LogP contribution is -2.44. The van der Waals surface area contributed by atoms with E-state index in [4.69, 9.17) is 4.52 Å². The van der Waals surface area contributed by atoms with Gasteiger partial charge in [0.05, 0.1) is 6.04 Å². The fourth-order valence-electron chi connectivity index (χ4n) is 2.49. The second kappa shape index (κ2) is 5.79. The van der Waals surface area contributed by atoms with E-state index in [-0.39, 0.29) is 17.4 Å². The number of hydrogen-bond acceptors (Lipinski definition) is 6. The predicted molar refractivity (Wildman–Crippen MR) is 77.9 cm³/mol. The van der Waals surface area contributed by atoms with Crippen molar-refractivity contribution in [2.24, 2.45) is 0 Å². The Kier molecular flexibility index (Phi) is 3.85. The molecular weight excluding hydrogens is 270 g/mol. The van der Waals surface area contributed by atoms with Crippen LogP contribution in [0.25, 0.3) is 11.5 Å². The smallest absolute Gasteiger partial charge is 0.263 e. The number of nitrogens with one attached hydrogen (secondary N) is 2. The molecule has 0 amide bonds. The van der Waals surface area contributed by atoms with Crippen LogP contribution in [-0.4, -0.2) is 46.2 Å². The Bertz CT molecular complexity index is 672. The van der Waals surface area contributed by atoms with Crippen LogP contribution >= 0.6 is 0 Å². The van der Waals surface area contributed by atoms with E-state index in [1.807, 2.05) is 6.92 Å². The lowest BCUT2D eigenvalue weighted by molar-refractivity contribution is 0.176. The molecule has 1 unspecified atom stereocenters. The SMILES string of the molecule is Cc1cc(=O)c(-c2nc(C(C)N3CCNCC3)no2)c[nH]1. The Hall–Kier alpha value is -1.99. The highest BCUT2D eigenvalue weighted by molar-refractivity contribution is 5.50. The molecule has 1 saturated heterocycles. The standard InChI is InChI=1S/C14H19N5O2/c1-9-7-12(20)11(8-16-9)14-17-13(18-21-14)10(2)19-5-3-15-4-6-19/h7-8,10,15H,3-6H2,1-2H3,(H,16,20). The number of pyridine rings is 1. The zero-order valence-corrected chi connectivity index (χ0v) is 12.2. The van der Waals surface area contributed by atoms with E-state index in [0.717, 1.165) is 31.9 Å². The first-order chi connectivity index (χ1) is 10.1. The van der Waals surface area contributed by atoms with Gasteiger partial charge in [-0.25, -0.2) is 0 Å². The topological polar surface area (TPSA) is 87.1 Å². The maximum absolute atomic E-state index is 12.0. The summed E-state index contributed by atoms with van der Waals surface area (Å²) in [6, 6.07) is 1.60. The minimum atomic E-state index is -0.115. The van der Waals surface area contributed by atoms with Gasteiger partial charge >= 0.3 is 0 Å². The average Bonchev–Trinajstić information content (AvgIpc) is 2.97. The number of aryl methyl sites for hydroxylation is 1. The molecule has 3 heterocycles. The number of nitrogens with zero attached hydrogens (tertiary/aromatic N) is 3. The highest BCUT2D eigenvalue weighted by Crippen LogP contribution is 2.20. The lowest BCUT2D eigenvalue weighted by atomic mass is 10.2. The second-order valence-corrected chi connectivity index (χ2v) is 5.31. The monoisotopic (exact) mass is 289 g/mol. The summed E-state index contributed by atoms with van der Waals surface area (Å²) < 4.78 is 5.26. The Balaban J connectivity index is 1.84. The molecular formula is C14H19N5O2. The summed E-state index contributed by atoms with van der Waals surface area (Å²) in [6.07, 6.45) is 1.62. The minimum Gasteiger partial charge on any atom is -0.364 e. The first-order valence-corrected chi connectivity index (χ1v) is 7.13. The highest BCUT2D eigenvalue weighted by atomic mass is 16.5. The first kappa shape index (κ1) is 14.0. The third kappa shape index (κ3) is 2.88. The zero-order chi connectivity index (χ0) is 14.8. The molecule has 1 atom stereocenters. The van der Waals surface area contributed by atoms with Crippen molar-refractivity contribution < 1.29 is 4.52 Å². The van der Waals surface area contributed by atoms with Gasteiger partial charge in [-0.05, 0) is 13.8 Å². The summed E-state index contributed by atoms with van der Waals surface area (Å²) in [5.41, 5.74) is 1.10. The number of H-pyrrole nitrogens is 1.